The molecule has 82 valence electrons. The van der Waals surface area contributed by atoms with Gasteiger partial charge in [0.05, 0.1) is 0 Å². The maximum absolute atomic E-state index is 10.3. The Bertz CT molecular complexity index is 301. The third kappa shape index (κ3) is 5.02. The minimum atomic E-state index is -0.982. The molecule has 0 spiro atoms. The molecule has 4 nitrogen and oxygen atoms in total. The maximum Gasteiger partial charge on any atom is 0.404 e. The summed E-state index contributed by atoms with van der Waals surface area (Å²) in [5.74, 6) is 0. The molecule has 0 heterocycles. The quantitative estimate of drug-likeness (QED) is 0.686. The molecule has 0 aliphatic heterocycles. The van der Waals surface area contributed by atoms with Crippen molar-refractivity contribution >= 4 is 6.09 Å². The molecule has 4 heteroatoms. The van der Waals surface area contributed by atoms with Crippen LogP contribution in [-0.4, -0.2) is 23.8 Å². The van der Waals surface area contributed by atoms with E-state index in [1.807, 2.05) is 37.3 Å². The van der Waals surface area contributed by atoms with Crippen molar-refractivity contribution in [2.45, 2.75) is 19.5 Å². The van der Waals surface area contributed by atoms with Crippen LogP contribution in [0.4, 0.5) is 4.79 Å². The zero-order valence-corrected chi connectivity index (χ0v) is 8.73. The van der Waals surface area contributed by atoms with Crippen LogP contribution in [0.3, 0.4) is 0 Å². The van der Waals surface area contributed by atoms with Crippen molar-refractivity contribution in [3.05, 3.63) is 35.9 Å². The van der Waals surface area contributed by atoms with Gasteiger partial charge in [0.2, 0.25) is 0 Å². The van der Waals surface area contributed by atoms with Crippen LogP contribution in [-0.2, 0) is 6.54 Å². The number of amides is 1. The van der Waals surface area contributed by atoms with Gasteiger partial charge in [-0.1, -0.05) is 30.3 Å². The second-order valence-electron chi connectivity index (χ2n) is 3.47. The Kier molecular flexibility index (Phi) is 4.63. The Morgan fingerprint density at radius 2 is 2.07 bits per heavy atom. The van der Waals surface area contributed by atoms with Gasteiger partial charge >= 0.3 is 6.09 Å². The maximum atomic E-state index is 10.3. The average molecular weight is 208 g/mol. The molecular formula is C11H16N2O2. The van der Waals surface area contributed by atoms with E-state index < -0.39 is 6.09 Å². The number of carbonyl (C=O) groups is 1. The number of rotatable bonds is 5. The summed E-state index contributed by atoms with van der Waals surface area (Å²) in [4.78, 5) is 10.3. The molecule has 1 rings (SSSR count). The molecule has 3 N–H and O–H groups in total. The Labute approximate surface area is 89.3 Å². The third-order valence-electron chi connectivity index (χ3n) is 1.99. The second kappa shape index (κ2) is 6.03. The lowest BCUT2D eigenvalue weighted by Gasteiger charge is -2.12. The van der Waals surface area contributed by atoms with Gasteiger partial charge in [-0.2, -0.15) is 0 Å². The van der Waals surface area contributed by atoms with Crippen LogP contribution in [0.25, 0.3) is 0 Å². The number of hydrogen-bond acceptors (Lipinski definition) is 2. The predicted octanol–water partition coefficient (Wildman–Crippen LogP) is 1.43. The number of hydrogen-bond donors (Lipinski definition) is 3. The molecule has 0 aliphatic rings. The SMILES string of the molecule is CC(CNCc1ccccc1)NC(=O)O. The first-order valence-corrected chi connectivity index (χ1v) is 4.92. The Morgan fingerprint density at radius 1 is 1.40 bits per heavy atom. The first kappa shape index (κ1) is 11.5. The van der Waals surface area contributed by atoms with E-state index in [1.54, 1.807) is 0 Å². The van der Waals surface area contributed by atoms with E-state index in [2.05, 4.69) is 10.6 Å². The summed E-state index contributed by atoms with van der Waals surface area (Å²) >= 11 is 0. The molecule has 0 bridgehead atoms. The van der Waals surface area contributed by atoms with E-state index in [0.717, 1.165) is 6.54 Å². The van der Waals surface area contributed by atoms with Gasteiger partial charge in [0.1, 0.15) is 0 Å². The molecule has 0 aliphatic carbocycles. The van der Waals surface area contributed by atoms with Crippen molar-refractivity contribution in [2.75, 3.05) is 6.54 Å². The first-order valence-electron chi connectivity index (χ1n) is 4.92. The molecule has 0 radical (unpaired) electrons. The van der Waals surface area contributed by atoms with Crippen molar-refractivity contribution in [3.63, 3.8) is 0 Å². The summed E-state index contributed by atoms with van der Waals surface area (Å²) in [6.07, 6.45) is -0.982. The van der Waals surface area contributed by atoms with Gasteiger partial charge in [-0.3, -0.25) is 0 Å². The van der Waals surface area contributed by atoms with E-state index >= 15 is 0 Å². The summed E-state index contributed by atoms with van der Waals surface area (Å²) in [6, 6.07) is 9.92. The highest BCUT2D eigenvalue weighted by molar-refractivity contribution is 5.64. The normalized spacial score (nSPS) is 12.1. The molecule has 1 aromatic rings. The molecule has 0 aromatic heterocycles. The molecule has 1 atom stereocenters. The van der Waals surface area contributed by atoms with Gasteiger partial charge in [0, 0.05) is 19.1 Å². The van der Waals surface area contributed by atoms with Crippen molar-refractivity contribution < 1.29 is 9.90 Å². The minimum Gasteiger partial charge on any atom is -0.465 e. The molecule has 1 amide bonds. The minimum absolute atomic E-state index is 0.0776. The number of nitrogens with one attached hydrogen (secondary N) is 2. The van der Waals surface area contributed by atoms with Gasteiger partial charge < -0.3 is 15.7 Å². The summed E-state index contributed by atoms with van der Waals surface area (Å²) < 4.78 is 0. The van der Waals surface area contributed by atoms with Crippen molar-refractivity contribution in [2.24, 2.45) is 0 Å². The van der Waals surface area contributed by atoms with Gasteiger partial charge in [0.15, 0.2) is 0 Å². The van der Waals surface area contributed by atoms with E-state index in [4.69, 9.17) is 5.11 Å². The van der Waals surface area contributed by atoms with Crippen LogP contribution in [0.5, 0.6) is 0 Å². The average Bonchev–Trinajstić information content (AvgIpc) is 2.18. The molecule has 0 saturated heterocycles. The highest BCUT2D eigenvalue weighted by Gasteiger charge is 2.03. The van der Waals surface area contributed by atoms with Crippen molar-refractivity contribution in [1.82, 2.24) is 10.6 Å². The molecule has 0 fully saturated rings. The van der Waals surface area contributed by atoms with Gasteiger partial charge in [-0.05, 0) is 12.5 Å². The van der Waals surface area contributed by atoms with E-state index in [9.17, 15) is 4.79 Å². The molecule has 0 saturated carbocycles. The number of benzene rings is 1. The second-order valence-corrected chi connectivity index (χ2v) is 3.47. The predicted molar refractivity (Wildman–Crippen MR) is 58.8 cm³/mol. The van der Waals surface area contributed by atoms with Crippen LogP contribution < -0.4 is 10.6 Å². The monoisotopic (exact) mass is 208 g/mol. The first-order chi connectivity index (χ1) is 7.18. The smallest absolute Gasteiger partial charge is 0.404 e. The van der Waals surface area contributed by atoms with Crippen molar-refractivity contribution in [3.8, 4) is 0 Å². The van der Waals surface area contributed by atoms with Crippen LogP contribution in [0.1, 0.15) is 12.5 Å². The largest absolute Gasteiger partial charge is 0.465 e. The zero-order chi connectivity index (χ0) is 11.1. The molecular weight excluding hydrogens is 192 g/mol. The standard InChI is InChI=1S/C11H16N2O2/c1-9(13-11(14)15)7-12-8-10-5-3-2-4-6-10/h2-6,9,12-13H,7-8H2,1H3,(H,14,15). The summed E-state index contributed by atoms with van der Waals surface area (Å²) in [5, 5.41) is 14.0. The fraction of sp³-hybridized carbons (Fsp3) is 0.364. The third-order valence-corrected chi connectivity index (χ3v) is 1.99. The van der Waals surface area contributed by atoms with E-state index in [0.29, 0.717) is 6.54 Å². The van der Waals surface area contributed by atoms with Gasteiger partial charge in [0.25, 0.3) is 0 Å². The summed E-state index contributed by atoms with van der Waals surface area (Å²) in [5.41, 5.74) is 1.19. The number of carboxylic acid groups (broad SMARTS) is 1. The van der Waals surface area contributed by atoms with Crippen molar-refractivity contribution in [1.29, 1.82) is 0 Å². The topological polar surface area (TPSA) is 61.4 Å². The fourth-order valence-corrected chi connectivity index (χ4v) is 1.29. The van der Waals surface area contributed by atoms with Gasteiger partial charge in [-0.25, -0.2) is 4.79 Å². The molecule has 15 heavy (non-hydrogen) atoms. The molecule has 1 unspecified atom stereocenters. The van der Waals surface area contributed by atoms with Crippen LogP contribution in [0.15, 0.2) is 30.3 Å². The highest BCUT2D eigenvalue weighted by atomic mass is 16.4. The lowest BCUT2D eigenvalue weighted by Crippen LogP contribution is -2.38. The molecule has 1 aromatic carbocycles. The fourth-order valence-electron chi connectivity index (χ4n) is 1.29. The lowest BCUT2D eigenvalue weighted by atomic mass is 10.2. The van der Waals surface area contributed by atoms with E-state index in [1.165, 1.54) is 5.56 Å². The van der Waals surface area contributed by atoms with Crippen LogP contribution in [0, 0.1) is 0 Å². The van der Waals surface area contributed by atoms with E-state index in [-0.39, 0.29) is 6.04 Å². The zero-order valence-electron chi connectivity index (χ0n) is 8.73. The Morgan fingerprint density at radius 3 is 2.67 bits per heavy atom. The van der Waals surface area contributed by atoms with Gasteiger partial charge in [-0.15, -0.1) is 0 Å². The highest BCUT2D eigenvalue weighted by Crippen LogP contribution is 1.96. The van der Waals surface area contributed by atoms with Crippen LogP contribution in [0.2, 0.25) is 0 Å². The Balaban J connectivity index is 2.19. The summed E-state index contributed by atoms with van der Waals surface area (Å²) in [6.45, 7) is 3.21. The van der Waals surface area contributed by atoms with Crippen LogP contribution >= 0.6 is 0 Å². The summed E-state index contributed by atoms with van der Waals surface area (Å²) in [7, 11) is 0. The lowest BCUT2D eigenvalue weighted by molar-refractivity contribution is 0.190. The Hall–Kier alpha value is -1.55.